The molecule has 2 aromatic heterocycles. The van der Waals surface area contributed by atoms with Crippen molar-refractivity contribution in [1.29, 1.82) is 0 Å². The smallest absolute Gasteiger partial charge is 0.102 e. The predicted molar refractivity (Wildman–Crippen MR) is 52.3 cm³/mol. The van der Waals surface area contributed by atoms with Crippen molar-refractivity contribution < 1.29 is 0 Å². The maximum atomic E-state index is 4.05. The number of hydrogen-bond donors (Lipinski definition) is 0. The highest BCUT2D eigenvalue weighted by atomic mass is 15.3. The number of nitrogens with zero attached hydrogens (tertiary/aromatic N) is 4. The molecule has 0 saturated heterocycles. The van der Waals surface area contributed by atoms with E-state index in [1.54, 1.807) is 21.8 Å². The van der Waals surface area contributed by atoms with Crippen LogP contribution in [-0.2, 0) is 13.6 Å². The van der Waals surface area contributed by atoms with Crippen LogP contribution < -0.4 is 0 Å². The molecule has 0 saturated carbocycles. The van der Waals surface area contributed by atoms with Crippen molar-refractivity contribution in [2.24, 2.45) is 7.05 Å². The van der Waals surface area contributed by atoms with Crippen LogP contribution in [0.15, 0.2) is 30.9 Å². The molecule has 0 spiro atoms. The Bertz CT molecular complexity index is 456. The van der Waals surface area contributed by atoms with E-state index in [0.717, 1.165) is 5.56 Å². The quantitative estimate of drug-likeness (QED) is 0.613. The summed E-state index contributed by atoms with van der Waals surface area (Å²) in [5.41, 5.74) is 0.930. The first-order chi connectivity index (χ1) is 6.84. The van der Waals surface area contributed by atoms with Gasteiger partial charge in [0.2, 0.25) is 0 Å². The van der Waals surface area contributed by atoms with E-state index in [9.17, 15) is 0 Å². The van der Waals surface area contributed by atoms with Gasteiger partial charge in [-0.25, -0.2) is 0 Å². The lowest BCUT2D eigenvalue weighted by Gasteiger charge is -1.89. The first kappa shape index (κ1) is 8.57. The lowest BCUT2D eigenvalue weighted by atomic mass is 10.4. The number of aromatic nitrogens is 4. The molecule has 0 aliphatic rings. The molecule has 0 unspecified atom stereocenters. The monoisotopic (exact) mass is 186 g/mol. The van der Waals surface area contributed by atoms with Gasteiger partial charge in [0.15, 0.2) is 0 Å². The summed E-state index contributed by atoms with van der Waals surface area (Å²) in [5.74, 6) is 6.02. The predicted octanol–water partition coefficient (Wildman–Crippen LogP) is 0.668. The maximum absolute atomic E-state index is 4.05. The molecule has 2 heterocycles. The van der Waals surface area contributed by atoms with E-state index < -0.39 is 0 Å². The first-order valence-electron chi connectivity index (χ1n) is 4.29. The van der Waals surface area contributed by atoms with Crippen molar-refractivity contribution in [3.8, 4) is 11.8 Å². The van der Waals surface area contributed by atoms with Gasteiger partial charge in [-0.05, 0) is 6.07 Å². The van der Waals surface area contributed by atoms with Gasteiger partial charge in [-0.3, -0.25) is 9.36 Å². The van der Waals surface area contributed by atoms with Crippen LogP contribution in [0.4, 0.5) is 0 Å². The molecular weight excluding hydrogens is 176 g/mol. The lowest BCUT2D eigenvalue weighted by Crippen LogP contribution is -1.94. The number of rotatable bonds is 1. The Balaban J connectivity index is 2.01. The minimum Gasteiger partial charge on any atom is -0.275 e. The zero-order valence-corrected chi connectivity index (χ0v) is 7.88. The van der Waals surface area contributed by atoms with Crippen LogP contribution in [0.2, 0.25) is 0 Å². The van der Waals surface area contributed by atoms with E-state index >= 15 is 0 Å². The van der Waals surface area contributed by atoms with E-state index in [2.05, 4.69) is 22.0 Å². The van der Waals surface area contributed by atoms with Gasteiger partial charge in [0.05, 0.1) is 11.8 Å². The second kappa shape index (κ2) is 3.79. The molecule has 0 radical (unpaired) electrons. The Hall–Kier alpha value is -2.02. The summed E-state index contributed by atoms with van der Waals surface area (Å²) in [5, 5.41) is 8.07. The second-order valence-corrected chi connectivity index (χ2v) is 2.91. The van der Waals surface area contributed by atoms with Crippen LogP contribution in [0.1, 0.15) is 5.56 Å². The van der Waals surface area contributed by atoms with Crippen LogP contribution in [-0.4, -0.2) is 19.6 Å². The van der Waals surface area contributed by atoms with Gasteiger partial charge in [0.1, 0.15) is 6.54 Å². The first-order valence-corrected chi connectivity index (χ1v) is 4.29. The SMILES string of the molecule is Cn1cc(C#CCn2cccn2)cn1. The van der Waals surface area contributed by atoms with Crippen LogP contribution in [0, 0.1) is 11.8 Å². The summed E-state index contributed by atoms with van der Waals surface area (Å²) in [6.45, 7) is 0.613. The van der Waals surface area contributed by atoms with Crippen LogP contribution in [0.25, 0.3) is 0 Å². The van der Waals surface area contributed by atoms with Crippen LogP contribution >= 0.6 is 0 Å². The molecule has 2 aromatic rings. The molecule has 4 nitrogen and oxygen atoms in total. The van der Waals surface area contributed by atoms with Gasteiger partial charge in [-0.2, -0.15) is 10.2 Å². The average Bonchev–Trinajstić information content (AvgIpc) is 2.77. The van der Waals surface area contributed by atoms with E-state index in [1.807, 2.05) is 25.5 Å². The molecule has 0 fully saturated rings. The summed E-state index contributed by atoms with van der Waals surface area (Å²) < 4.78 is 3.52. The fraction of sp³-hybridized carbons (Fsp3) is 0.200. The second-order valence-electron chi connectivity index (χ2n) is 2.91. The fourth-order valence-electron chi connectivity index (χ4n) is 1.10. The summed E-state index contributed by atoms with van der Waals surface area (Å²) in [7, 11) is 1.87. The van der Waals surface area contributed by atoms with Gasteiger partial charge >= 0.3 is 0 Å². The average molecular weight is 186 g/mol. The summed E-state index contributed by atoms with van der Waals surface area (Å²) in [6, 6.07) is 1.88. The van der Waals surface area contributed by atoms with Gasteiger partial charge in [-0.15, -0.1) is 0 Å². The van der Waals surface area contributed by atoms with Crippen LogP contribution in [0.5, 0.6) is 0 Å². The summed E-state index contributed by atoms with van der Waals surface area (Å²) in [4.78, 5) is 0. The van der Waals surface area contributed by atoms with E-state index in [1.165, 1.54) is 0 Å². The number of hydrogen-bond acceptors (Lipinski definition) is 2. The standard InChI is InChI=1S/C10H10N4/c1-13-9-10(8-12-13)4-2-6-14-7-3-5-11-14/h3,5,7-9H,6H2,1H3. The van der Waals surface area contributed by atoms with Crippen molar-refractivity contribution in [2.75, 3.05) is 0 Å². The molecular formula is C10H10N4. The highest BCUT2D eigenvalue weighted by Crippen LogP contribution is 1.92. The van der Waals surface area contributed by atoms with Crippen molar-refractivity contribution in [1.82, 2.24) is 19.6 Å². The van der Waals surface area contributed by atoms with Crippen LogP contribution in [0.3, 0.4) is 0 Å². The molecule has 0 N–H and O–H groups in total. The molecule has 0 atom stereocenters. The maximum Gasteiger partial charge on any atom is 0.102 e. The van der Waals surface area contributed by atoms with E-state index in [0.29, 0.717) is 6.54 Å². The molecule has 14 heavy (non-hydrogen) atoms. The zero-order chi connectivity index (χ0) is 9.80. The molecule has 0 aliphatic carbocycles. The third-order valence-corrected chi connectivity index (χ3v) is 1.74. The molecule has 2 rings (SSSR count). The van der Waals surface area contributed by atoms with E-state index in [4.69, 9.17) is 0 Å². The van der Waals surface area contributed by atoms with Gasteiger partial charge < -0.3 is 0 Å². The zero-order valence-electron chi connectivity index (χ0n) is 7.88. The van der Waals surface area contributed by atoms with Gasteiger partial charge in [0.25, 0.3) is 0 Å². The molecule has 0 bridgehead atoms. The molecule has 0 aromatic carbocycles. The summed E-state index contributed by atoms with van der Waals surface area (Å²) >= 11 is 0. The topological polar surface area (TPSA) is 35.6 Å². The van der Waals surface area contributed by atoms with Crippen molar-refractivity contribution in [3.05, 3.63) is 36.4 Å². The van der Waals surface area contributed by atoms with Gasteiger partial charge in [-0.1, -0.05) is 11.8 Å². The Morgan fingerprint density at radius 2 is 2.36 bits per heavy atom. The Morgan fingerprint density at radius 3 is 3.00 bits per heavy atom. The van der Waals surface area contributed by atoms with Crippen molar-refractivity contribution >= 4 is 0 Å². The molecule has 4 heteroatoms. The third-order valence-electron chi connectivity index (χ3n) is 1.74. The normalized spacial score (nSPS) is 9.50. The minimum atomic E-state index is 0.613. The minimum absolute atomic E-state index is 0.613. The molecule has 0 aliphatic heterocycles. The fourth-order valence-corrected chi connectivity index (χ4v) is 1.10. The Morgan fingerprint density at radius 1 is 1.43 bits per heavy atom. The highest BCUT2D eigenvalue weighted by Gasteiger charge is 1.88. The highest BCUT2D eigenvalue weighted by molar-refractivity contribution is 5.29. The third kappa shape index (κ3) is 2.02. The molecule has 70 valence electrons. The van der Waals surface area contributed by atoms with Crippen molar-refractivity contribution in [3.63, 3.8) is 0 Å². The van der Waals surface area contributed by atoms with E-state index in [-0.39, 0.29) is 0 Å². The molecule has 0 amide bonds. The summed E-state index contributed by atoms with van der Waals surface area (Å²) in [6.07, 6.45) is 7.26. The Kier molecular flexibility index (Phi) is 2.32. The largest absolute Gasteiger partial charge is 0.275 e. The van der Waals surface area contributed by atoms with Gasteiger partial charge in [0, 0.05) is 25.6 Å². The number of aryl methyl sites for hydroxylation is 1. The lowest BCUT2D eigenvalue weighted by molar-refractivity contribution is 0.715. The Labute approximate surface area is 82.2 Å². The van der Waals surface area contributed by atoms with Crippen molar-refractivity contribution in [2.45, 2.75) is 6.54 Å².